The first-order valence-electron chi connectivity index (χ1n) is 18.4. The summed E-state index contributed by atoms with van der Waals surface area (Å²) in [7, 11) is -2.37. The fourth-order valence-corrected chi connectivity index (χ4v) is 17.2. The molecule has 0 aromatic rings. The van der Waals surface area contributed by atoms with E-state index in [0.29, 0.717) is 0 Å². The predicted molar refractivity (Wildman–Crippen MR) is 214 cm³/mol. The second-order valence-corrected chi connectivity index (χ2v) is 20.5. The molecule has 1 heterocycles. The van der Waals surface area contributed by atoms with Crippen LogP contribution in [0.15, 0.2) is 25.7 Å². The Kier molecular flexibility index (Phi) is 18.2. The first kappa shape index (κ1) is 48.5. The third kappa shape index (κ3) is 9.68. The van der Waals surface area contributed by atoms with E-state index in [2.05, 4.69) is 24.8 Å². The fourth-order valence-electron chi connectivity index (χ4n) is 7.71. The summed E-state index contributed by atoms with van der Waals surface area (Å²) in [6.45, 7) is 32.0. The number of esters is 4. The fraction of sp³-hybridized carbons (Fsp3) is 0.757. The molecule has 16 heteroatoms. The van der Waals surface area contributed by atoms with Gasteiger partial charge in [-0.25, -0.2) is 23.7 Å². The van der Waals surface area contributed by atoms with Crippen molar-refractivity contribution in [3.05, 3.63) is 22.3 Å². The van der Waals surface area contributed by atoms with Crippen molar-refractivity contribution in [2.75, 3.05) is 28.4 Å². The largest absolute Gasteiger partial charge is 0.547 e. The Morgan fingerprint density at radius 3 is 1.25 bits per heavy atom. The molecule has 0 amide bonds. The molecule has 0 atom stereocenters. The number of nitrogens with zero attached hydrogens (tertiary/aromatic N) is 6. The molecule has 0 radical (unpaired) electrons. The molecule has 0 saturated heterocycles. The Bertz CT molecular complexity index is 1410. The highest BCUT2D eigenvalue weighted by Crippen LogP contribution is 2.77. The van der Waals surface area contributed by atoms with Crippen LogP contribution in [0.4, 0.5) is 0 Å². The molecule has 1 aliphatic heterocycles. The normalized spacial score (nSPS) is 16.4. The van der Waals surface area contributed by atoms with E-state index in [1.807, 2.05) is 111 Å². The van der Waals surface area contributed by atoms with Gasteiger partial charge in [0.2, 0.25) is 17.8 Å². The highest BCUT2D eigenvalue weighted by atomic mass is 31.2. The van der Waals surface area contributed by atoms with Crippen molar-refractivity contribution in [1.29, 1.82) is 0 Å². The zero-order valence-electron chi connectivity index (χ0n) is 36.0. The average Bonchev–Trinajstić information content (AvgIpc) is 3.33. The number of ether oxygens (including phenoxy) is 4. The lowest BCUT2D eigenvalue weighted by Gasteiger charge is -2.50. The van der Waals surface area contributed by atoms with Crippen molar-refractivity contribution in [2.24, 2.45) is 9.51 Å². The summed E-state index contributed by atoms with van der Waals surface area (Å²) in [6, 6.07) is -1.84. The molecule has 0 spiro atoms. The van der Waals surface area contributed by atoms with Crippen LogP contribution in [-0.4, -0.2) is 125 Å². The van der Waals surface area contributed by atoms with Gasteiger partial charge in [0, 0.05) is 48.3 Å². The molecule has 0 aliphatic carbocycles. The van der Waals surface area contributed by atoms with Crippen LogP contribution in [0.3, 0.4) is 0 Å². The van der Waals surface area contributed by atoms with Crippen LogP contribution >= 0.6 is 15.1 Å². The summed E-state index contributed by atoms with van der Waals surface area (Å²) in [5.41, 5.74) is -0.156. The van der Waals surface area contributed by atoms with E-state index in [4.69, 9.17) is 28.5 Å². The first-order valence-corrected chi connectivity index (χ1v) is 21.7. The Morgan fingerprint density at radius 2 is 0.962 bits per heavy atom. The van der Waals surface area contributed by atoms with E-state index >= 15 is 0 Å². The van der Waals surface area contributed by atoms with Crippen molar-refractivity contribution in [2.45, 2.75) is 159 Å². The molecule has 0 saturated carbocycles. The van der Waals surface area contributed by atoms with Crippen molar-refractivity contribution >= 4 is 44.8 Å². The maximum absolute atomic E-state index is 14.5. The number of hydrogen-bond acceptors (Lipinski definition) is 13. The summed E-state index contributed by atoms with van der Waals surface area (Å²) >= 11 is 0. The molecule has 0 N–H and O–H groups in total. The van der Waals surface area contributed by atoms with Gasteiger partial charge in [0.15, 0.2) is 0 Å². The Balaban J connectivity index is 5.42. The van der Waals surface area contributed by atoms with Gasteiger partial charge < -0.3 is 23.7 Å². The molecule has 0 bridgehead atoms. The lowest BCUT2D eigenvalue weighted by Crippen LogP contribution is -2.49. The maximum atomic E-state index is 14.5. The SMILES string of the molecule is COC(=O)[C-]=C(C(=O)OC)[P+](N=C1N=P(N(C(C)C)C(C)C)(N(C(C)C)C(C)C)C(C(=O)OC)=C1C(=O)OC)(N(C(C)C)C(C)C)N(C(C)C)C(C)C. The second kappa shape index (κ2) is 19.9. The third-order valence-corrected chi connectivity index (χ3v) is 17.7. The van der Waals surface area contributed by atoms with Crippen LogP contribution in [0.1, 0.15) is 111 Å². The van der Waals surface area contributed by atoms with Gasteiger partial charge in [-0.15, -0.1) is 15.4 Å². The van der Waals surface area contributed by atoms with Gasteiger partial charge in [0.25, 0.3) is 7.71 Å². The van der Waals surface area contributed by atoms with Crippen LogP contribution in [0.25, 0.3) is 0 Å². The van der Waals surface area contributed by atoms with Gasteiger partial charge in [-0.1, -0.05) is 4.76 Å². The number of carbonyl (C=O) groups is 4. The second-order valence-electron chi connectivity index (χ2n) is 15.1. The molecule has 0 fully saturated rings. The molecule has 304 valence electrons. The number of hydrogen-bond donors (Lipinski definition) is 0. The summed E-state index contributed by atoms with van der Waals surface area (Å²) < 4.78 is 41.1. The summed E-state index contributed by atoms with van der Waals surface area (Å²) in [4.78, 5) is 56.3. The number of carbonyl (C=O) groups excluding carboxylic acids is 4. The summed E-state index contributed by atoms with van der Waals surface area (Å²) in [6.07, 6.45) is 2.72. The monoisotopic (exact) mass is 786 g/mol. The van der Waals surface area contributed by atoms with Crippen LogP contribution in [0.2, 0.25) is 0 Å². The molecule has 1 rings (SSSR count). The molecular formula is C37H68N6O8P2. The molecule has 0 aromatic carbocycles. The van der Waals surface area contributed by atoms with E-state index in [9.17, 15) is 19.2 Å². The van der Waals surface area contributed by atoms with E-state index in [0.717, 1.165) is 0 Å². The minimum Gasteiger partial charge on any atom is -0.547 e. The summed E-state index contributed by atoms with van der Waals surface area (Å²) in [5.74, 6) is -3.42. The lowest BCUT2D eigenvalue weighted by molar-refractivity contribution is -0.138. The molecule has 53 heavy (non-hydrogen) atoms. The highest BCUT2D eigenvalue weighted by Gasteiger charge is 2.61. The van der Waals surface area contributed by atoms with E-state index < -0.39 is 38.9 Å². The van der Waals surface area contributed by atoms with Crippen molar-refractivity contribution < 1.29 is 38.1 Å². The average molecular weight is 787 g/mol. The minimum atomic E-state index is -3.83. The molecular weight excluding hydrogens is 718 g/mol. The van der Waals surface area contributed by atoms with Crippen molar-refractivity contribution in [3.63, 3.8) is 0 Å². The smallest absolute Gasteiger partial charge is 0.343 e. The number of amidine groups is 1. The minimum absolute atomic E-state index is 0.0512. The van der Waals surface area contributed by atoms with Crippen LogP contribution in [0, 0.1) is 6.08 Å². The van der Waals surface area contributed by atoms with Crippen molar-refractivity contribution in [3.8, 4) is 0 Å². The van der Waals surface area contributed by atoms with Crippen molar-refractivity contribution in [1.82, 2.24) is 18.7 Å². The molecule has 0 aromatic heterocycles. The zero-order valence-corrected chi connectivity index (χ0v) is 37.8. The first-order chi connectivity index (χ1) is 24.4. The quantitative estimate of drug-likeness (QED) is 0.0452. The predicted octanol–water partition coefficient (Wildman–Crippen LogP) is 7.30. The Labute approximate surface area is 320 Å². The van der Waals surface area contributed by atoms with E-state index in [1.54, 1.807) is 0 Å². The lowest BCUT2D eigenvalue weighted by atomic mass is 10.2. The molecule has 14 nitrogen and oxygen atoms in total. The Morgan fingerprint density at radius 1 is 0.585 bits per heavy atom. The van der Waals surface area contributed by atoms with Gasteiger partial charge >= 0.3 is 11.9 Å². The van der Waals surface area contributed by atoms with E-state index in [1.165, 1.54) is 28.4 Å². The van der Waals surface area contributed by atoms with E-state index in [-0.39, 0.29) is 70.4 Å². The topological polar surface area (TPSA) is 143 Å². The summed E-state index contributed by atoms with van der Waals surface area (Å²) in [5, 5.41) is -0.122. The van der Waals surface area contributed by atoms with Gasteiger partial charge in [0.05, 0.1) is 33.8 Å². The van der Waals surface area contributed by atoms with Gasteiger partial charge in [-0.3, -0.25) is 4.79 Å². The number of rotatable bonds is 18. The standard InChI is InChI=1S/C37H68N6O8P2/c1-22(2)40(23(3)4)52(41(24(5)6)25(7)8,30(35(45)49-18)21-31(44)48-17)38-34-32(36(46)50-19)33(37(47)51-20)53(39-34,42(26(9)10)27(11)12)43(28(13)14)29(15)16/h22-29H,1-20H3. The highest BCUT2D eigenvalue weighted by molar-refractivity contribution is 7.75. The van der Waals surface area contributed by atoms with Gasteiger partial charge in [0.1, 0.15) is 18.2 Å². The molecule has 0 unspecified atom stereocenters. The van der Waals surface area contributed by atoms with Crippen LogP contribution in [0.5, 0.6) is 0 Å². The zero-order chi connectivity index (χ0) is 41.5. The van der Waals surface area contributed by atoms with Crippen LogP contribution in [-0.2, 0) is 38.1 Å². The number of methoxy groups -OCH3 is 4. The van der Waals surface area contributed by atoms with Gasteiger partial charge in [-0.05, 0) is 111 Å². The Hall–Kier alpha value is -2.47. The van der Waals surface area contributed by atoms with Crippen LogP contribution < -0.4 is 0 Å². The molecule has 1 aliphatic rings. The van der Waals surface area contributed by atoms with Gasteiger partial charge in [-0.2, -0.15) is 0 Å². The maximum Gasteiger partial charge on any atom is 0.343 e. The third-order valence-electron chi connectivity index (χ3n) is 8.60.